The number of halogens is 1. The minimum Gasteiger partial charge on any atom is -0.491 e. The van der Waals surface area contributed by atoms with Crippen molar-refractivity contribution in [2.45, 2.75) is 37.9 Å². The number of carbonyl (C=O) groups is 2. The van der Waals surface area contributed by atoms with Crippen LogP contribution in [0, 0.1) is 5.92 Å². The molecule has 3 unspecified atom stereocenters. The summed E-state index contributed by atoms with van der Waals surface area (Å²) < 4.78 is 18.7. The van der Waals surface area contributed by atoms with E-state index in [0.717, 1.165) is 35.0 Å². The first-order valence-corrected chi connectivity index (χ1v) is 12.1. The highest BCUT2D eigenvalue weighted by molar-refractivity contribution is 9.10. The zero-order chi connectivity index (χ0) is 23.0. The highest BCUT2D eigenvalue weighted by Gasteiger charge is 2.62. The third-order valence-electron chi connectivity index (χ3n) is 6.60. The van der Waals surface area contributed by atoms with Gasteiger partial charge in [0.15, 0.2) is 5.60 Å². The largest absolute Gasteiger partial charge is 0.491 e. The topological polar surface area (TPSA) is 65.1 Å². The molecular weight excluding hydrogens is 486 g/mol. The van der Waals surface area contributed by atoms with E-state index in [1.807, 2.05) is 48.5 Å². The Hall–Kier alpha value is -2.64. The molecule has 2 heterocycles. The van der Waals surface area contributed by atoms with Gasteiger partial charge in [-0.25, -0.2) is 0 Å². The van der Waals surface area contributed by atoms with Crippen molar-refractivity contribution in [3.05, 3.63) is 70.2 Å². The quantitative estimate of drug-likeness (QED) is 0.413. The summed E-state index contributed by atoms with van der Waals surface area (Å²) in [5.41, 5.74) is 1.53. The Morgan fingerprint density at radius 3 is 2.82 bits per heavy atom. The van der Waals surface area contributed by atoms with Crippen LogP contribution in [-0.2, 0) is 24.7 Å². The minimum absolute atomic E-state index is 0.0670. The second-order valence-corrected chi connectivity index (χ2v) is 9.40. The van der Waals surface area contributed by atoms with Crippen molar-refractivity contribution in [3.8, 4) is 5.75 Å². The lowest BCUT2D eigenvalue weighted by atomic mass is 9.74. The second kappa shape index (κ2) is 8.95. The average molecular weight is 512 g/mol. The van der Waals surface area contributed by atoms with Gasteiger partial charge in [0.2, 0.25) is 0 Å². The van der Waals surface area contributed by atoms with Crippen LogP contribution in [0.15, 0.2) is 64.7 Å². The van der Waals surface area contributed by atoms with Crippen LogP contribution in [0.1, 0.15) is 31.7 Å². The van der Waals surface area contributed by atoms with Gasteiger partial charge >= 0.3 is 5.97 Å². The number of allylic oxidation sites excluding steroid dienone is 1. The van der Waals surface area contributed by atoms with E-state index >= 15 is 0 Å². The van der Waals surface area contributed by atoms with Gasteiger partial charge in [0.25, 0.3) is 5.91 Å². The van der Waals surface area contributed by atoms with Crippen LogP contribution in [0.25, 0.3) is 0 Å². The summed E-state index contributed by atoms with van der Waals surface area (Å²) in [5, 5.41) is 0. The van der Waals surface area contributed by atoms with Crippen molar-refractivity contribution in [2.75, 3.05) is 24.7 Å². The minimum atomic E-state index is -1.19. The normalized spacial score (nSPS) is 25.6. The maximum atomic E-state index is 14.1. The van der Waals surface area contributed by atoms with E-state index < -0.39 is 11.6 Å². The molecule has 1 saturated heterocycles. The fraction of sp³-hybridized carbons (Fsp3) is 0.385. The first kappa shape index (κ1) is 22.2. The van der Waals surface area contributed by atoms with Crippen molar-refractivity contribution in [3.63, 3.8) is 0 Å². The second-order valence-electron chi connectivity index (χ2n) is 8.54. The number of hydrogen-bond acceptors (Lipinski definition) is 5. The van der Waals surface area contributed by atoms with Crippen molar-refractivity contribution < 1.29 is 23.8 Å². The molecule has 3 atom stereocenters. The van der Waals surface area contributed by atoms with Gasteiger partial charge in [-0.3, -0.25) is 14.5 Å². The number of hydrogen-bond donors (Lipinski definition) is 0. The van der Waals surface area contributed by atoms with Crippen LogP contribution in [0.3, 0.4) is 0 Å². The van der Waals surface area contributed by atoms with E-state index in [1.54, 1.807) is 6.92 Å². The molecule has 6 nitrogen and oxygen atoms in total. The Labute approximate surface area is 201 Å². The van der Waals surface area contributed by atoms with Gasteiger partial charge < -0.3 is 14.2 Å². The number of esters is 1. The number of para-hydroxylation sites is 1. The third-order valence-corrected chi connectivity index (χ3v) is 7.27. The summed E-state index contributed by atoms with van der Waals surface area (Å²) in [6.07, 6.45) is 4.41. The molecule has 7 heteroatoms. The van der Waals surface area contributed by atoms with Crippen LogP contribution >= 0.6 is 15.9 Å². The molecule has 0 N–H and O–H groups in total. The van der Waals surface area contributed by atoms with Gasteiger partial charge in [-0.05, 0) is 50.5 Å². The summed E-state index contributed by atoms with van der Waals surface area (Å²) in [5.74, 6) is 0.0546. The number of amides is 1. The number of ether oxygens (including phenoxy) is 3. The number of carbonyl (C=O) groups excluding carboxylic acids is 2. The van der Waals surface area contributed by atoms with E-state index in [1.165, 1.54) is 10.5 Å². The van der Waals surface area contributed by atoms with Crippen molar-refractivity contribution in [1.82, 2.24) is 0 Å². The zero-order valence-electron chi connectivity index (χ0n) is 18.5. The Kier molecular flexibility index (Phi) is 6.01. The summed E-state index contributed by atoms with van der Waals surface area (Å²) in [7, 11) is 0. The molecule has 0 aromatic heterocycles. The smallest absolute Gasteiger partial charge is 0.326 e. The summed E-state index contributed by atoms with van der Waals surface area (Å²) in [6.45, 7) is 2.22. The van der Waals surface area contributed by atoms with Gasteiger partial charge in [0.1, 0.15) is 18.9 Å². The lowest BCUT2D eigenvalue weighted by Gasteiger charge is -2.44. The molecule has 1 amide bonds. The highest BCUT2D eigenvalue weighted by Crippen LogP contribution is 2.58. The van der Waals surface area contributed by atoms with Crippen LogP contribution in [-0.4, -0.2) is 37.7 Å². The molecule has 0 radical (unpaired) electrons. The molecule has 5 rings (SSSR count). The Morgan fingerprint density at radius 2 is 2.03 bits per heavy atom. The van der Waals surface area contributed by atoms with Crippen LogP contribution in [0.5, 0.6) is 5.75 Å². The number of nitrogens with zero attached hydrogens (tertiary/aromatic N) is 1. The van der Waals surface area contributed by atoms with E-state index in [9.17, 15) is 9.59 Å². The van der Waals surface area contributed by atoms with Crippen LogP contribution in [0.2, 0.25) is 0 Å². The van der Waals surface area contributed by atoms with E-state index in [2.05, 4.69) is 22.0 Å². The van der Waals surface area contributed by atoms with Crippen molar-refractivity contribution in [1.29, 1.82) is 0 Å². The van der Waals surface area contributed by atoms with Crippen molar-refractivity contribution in [2.24, 2.45) is 5.92 Å². The molecule has 0 bridgehead atoms. The molecular formula is C26H26BrNO5. The Morgan fingerprint density at radius 1 is 1.21 bits per heavy atom. The number of fused-ring (bicyclic) bond motifs is 4. The van der Waals surface area contributed by atoms with Crippen LogP contribution in [0.4, 0.5) is 5.69 Å². The maximum Gasteiger partial charge on any atom is 0.326 e. The molecule has 2 aromatic carbocycles. The van der Waals surface area contributed by atoms with E-state index in [0.29, 0.717) is 12.3 Å². The first-order chi connectivity index (χ1) is 16.0. The van der Waals surface area contributed by atoms with Crippen LogP contribution < -0.4 is 9.64 Å². The molecule has 1 spiro atoms. The molecule has 3 aliphatic rings. The fourth-order valence-corrected chi connectivity index (χ4v) is 6.00. The van der Waals surface area contributed by atoms with Crippen molar-refractivity contribution >= 4 is 33.5 Å². The lowest BCUT2D eigenvalue weighted by Crippen LogP contribution is -2.54. The number of benzene rings is 2. The number of anilines is 1. The summed E-state index contributed by atoms with van der Waals surface area (Å²) in [6, 6.07) is 15.3. The zero-order valence-corrected chi connectivity index (χ0v) is 20.0. The van der Waals surface area contributed by atoms with Gasteiger partial charge in [-0.15, -0.1) is 0 Å². The number of rotatable bonds is 6. The molecule has 1 fully saturated rings. The fourth-order valence-electron chi connectivity index (χ4n) is 5.35. The highest BCUT2D eigenvalue weighted by atomic mass is 79.9. The van der Waals surface area contributed by atoms with E-state index in [-0.39, 0.29) is 31.1 Å². The van der Waals surface area contributed by atoms with Gasteiger partial charge in [-0.2, -0.15) is 0 Å². The molecule has 2 aromatic rings. The third kappa shape index (κ3) is 3.77. The molecule has 33 heavy (non-hydrogen) atoms. The predicted octanol–water partition coefficient (Wildman–Crippen LogP) is 4.76. The van der Waals surface area contributed by atoms with Gasteiger partial charge in [0, 0.05) is 16.0 Å². The molecule has 1 aliphatic carbocycles. The monoisotopic (exact) mass is 511 g/mol. The maximum absolute atomic E-state index is 14.1. The molecule has 172 valence electrons. The summed E-state index contributed by atoms with van der Waals surface area (Å²) in [4.78, 5) is 28.0. The summed E-state index contributed by atoms with van der Waals surface area (Å²) >= 11 is 3.68. The predicted molar refractivity (Wildman–Crippen MR) is 127 cm³/mol. The van der Waals surface area contributed by atoms with Gasteiger partial charge in [-0.1, -0.05) is 51.8 Å². The van der Waals surface area contributed by atoms with E-state index in [4.69, 9.17) is 14.2 Å². The Balaban J connectivity index is 1.52. The lowest BCUT2D eigenvalue weighted by molar-refractivity contribution is -0.175. The average Bonchev–Trinajstić information content (AvgIpc) is 3.38. The molecule has 2 aliphatic heterocycles. The first-order valence-electron chi connectivity index (χ1n) is 11.4. The Bertz CT molecular complexity index is 1100. The van der Waals surface area contributed by atoms with Gasteiger partial charge in [0.05, 0.1) is 18.4 Å². The SMILES string of the molecule is CCOC(=O)CN1C(=O)C2(OC(COc3ccccc3)CC3=CCCC32)c2c(Br)cccc21. The standard InChI is InChI=1S/C26H26BrNO5/c1-2-31-23(29)15-28-22-13-7-12-21(27)24(22)26(25(28)30)20-11-6-8-17(20)14-19(33-26)16-32-18-9-4-3-5-10-18/h3-5,7-10,12-13,19-20H,2,6,11,14-16H2,1H3. The molecule has 0 saturated carbocycles.